The molecule has 13 heteroatoms. The van der Waals surface area contributed by atoms with Gasteiger partial charge in [0.05, 0.1) is 12.9 Å². The Labute approximate surface area is 178 Å². The molecular formula is C16H18IN5O7. The summed E-state index contributed by atoms with van der Waals surface area (Å²) in [6.45, 7) is 2.81. The number of carbonyl (C=O) groups is 3. The van der Waals surface area contributed by atoms with Gasteiger partial charge in [-0.15, -0.1) is 0 Å². The molecule has 0 spiro atoms. The van der Waals surface area contributed by atoms with E-state index in [1.807, 2.05) is 22.6 Å². The first-order valence-corrected chi connectivity index (χ1v) is 9.60. The van der Waals surface area contributed by atoms with Crippen molar-refractivity contribution in [1.82, 2.24) is 19.5 Å². The van der Waals surface area contributed by atoms with Crippen molar-refractivity contribution >= 4 is 58.0 Å². The van der Waals surface area contributed by atoms with E-state index in [0.717, 1.165) is 0 Å². The highest BCUT2D eigenvalue weighted by Gasteiger charge is 2.50. The average Bonchev–Trinajstić information content (AvgIpc) is 3.17. The highest BCUT2D eigenvalue weighted by atomic mass is 127. The number of nitrogens with zero attached hydrogens (tertiary/aromatic N) is 4. The summed E-state index contributed by atoms with van der Waals surface area (Å²) in [7, 11) is 0. The van der Waals surface area contributed by atoms with Crippen LogP contribution in [0, 0.1) is 3.83 Å². The molecular weight excluding hydrogens is 501 g/mol. The van der Waals surface area contributed by atoms with E-state index in [-0.39, 0.29) is 18.8 Å². The van der Waals surface area contributed by atoms with Crippen LogP contribution in [-0.4, -0.2) is 62.8 Å². The molecule has 3 rings (SSSR count). The average molecular weight is 519 g/mol. The molecule has 1 saturated heterocycles. The van der Waals surface area contributed by atoms with Gasteiger partial charge < -0.3 is 24.7 Å². The number of rotatable bonds is 7. The lowest BCUT2D eigenvalue weighted by atomic mass is 10.1. The summed E-state index contributed by atoms with van der Waals surface area (Å²) in [6.07, 6.45) is -1.87. The van der Waals surface area contributed by atoms with Gasteiger partial charge in [0.1, 0.15) is 11.6 Å². The van der Waals surface area contributed by atoms with Crippen LogP contribution >= 0.6 is 22.6 Å². The zero-order chi connectivity index (χ0) is 21.1. The molecule has 0 aliphatic carbocycles. The summed E-state index contributed by atoms with van der Waals surface area (Å²) in [5.74, 6) is -0.972. The molecule has 0 saturated carbocycles. The van der Waals surface area contributed by atoms with Crippen molar-refractivity contribution in [2.45, 2.75) is 44.8 Å². The summed E-state index contributed by atoms with van der Waals surface area (Å²) in [6, 6.07) is 0. The first-order chi connectivity index (χ1) is 13.8. The number of hydrogen-bond donors (Lipinski definition) is 1. The Balaban J connectivity index is 2.02. The topological polar surface area (TPSA) is 158 Å². The highest BCUT2D eigenvalue weighted by Crippen LogP contribution is 2.37. The van der Waals surface area contributed by atoms with E-state index in [2.05, 4.69) is 15.0 Å². The van der Waals surface area contributed by atoms with Gasteiger partial charge in [-0.1, -0.05) is 0 Å². The molecule has 3 heterocycles. The zero-order valence-electron chi connectivity index (χ0n) is 15.5. The minimum Gasteiger partial charge on any atom is -0.468 e. The van der Waals surface area contributed by atoms with Gasteiger partial charge in [-0.05, 0) is 0 Å². The zero-order valence-corrected chi connectivity index (χ0v) is 17.6. The first kappa shape index (κ1) is 21.2. The number of halogens is 1. The molecule has 1 aliphatic rings. The van der Waals surface area contributed by atoms with E-state index in [1.54, 1.807) is 4.57 Å². The third-order valence-electron chi connectivity index (χ3n) is 4.17. The van der Waals surface area contributed by atoms with Crippen LogP contribution in [0.4, 0.5) is 5.82 Å². The van der Waals surface area contributed by atoms with Crippen molar-refractivity contribution in [1.29, 1.82) is 0 Å². The van der Waals surface area contributed by atoms with Crippen LogP contribution in [0.25, 0.3) is 11.2 Å². The summed E-state index contributed by atoms with van der Waals surface area (Å²) >= 11 is 1.91. The number of hydrogen-bond acceptors (Lipinski definition) is 11. The van der Waals surface area contributed by atoms with Gasteiger partial charge in [0.15, 0.2) is 33.7 Å². The Kier molecular flexibility index (Phi) is 6.46. The minimum absolute atomic E-state index is 0.0309. The van der Waals surface area contributed by atoms with Gasteiger partial charge in [-0.25, -0.2) is 15.0 Å². The quantitative estimate of drug-likeness (QED) is 0.134. The van der Waals surface area contributed by atoms with Gasteiger partial charge in [-0.3, -0.25) is 19.0 Å². The maximum Gasteiger partial charge on any atom is 0.303 e. The van der Waals surface area contributed by atoms with Crippen molar-refractivity contribution < 1.29 is 33.3 Å². The molecule has 156 valence electrons. The third-order valence-corrected chi connectivity index (χ3v) is 4.66. The number of aromatic nitrogens is 4. The molecule has 12 nitrogen and oxygen atoms in total. The Bertz CT molecular complexity index is 936. The fourth-order valence-corrected chi connectivity index (χ4v) is 3.63. The molecule has 0 radical (unpaired) electrons. The molecule has 0 amide bonds. The molecule has 0 aromatic carbocycles. The fourth-order valence-electron chi connectivity index (χ4n) is 3.14. The monoisotopic (exact) mass is 519 g/mol. The summed E-state index contributed by atoms with van der Waals surface area (Å²) in [5, 5.41) is 0. The minimum atomic E-state index is -0.983. The number of anilines is 1. The Hall–Kier alpha value is -2.55. The van der Waals surface area contributed by atoms with Crippen LogP contribution in [0.15, 0.2) is 6.33 Å². The van der Waals surface area contributed by atoms with E-state index in [0.29, 0.717) is 21.5 Å². The van der Waals surface area contributed by atoms with E-state index in [9.17, 15) is 14.4 Å². The first-order valence-electron chi connectivity index (χ1n) is 8.52. The van der Waals surface area contributed by atoms with E-state index < -0.39 is 36.5 Å². The molecule has 2 N–H and O–H groups in total. The Morgan fingerprint density at radius 2 is 1.97 bits per heavy atom. The second-order valence-electron chi connectivity index (χ2n) is 6.17. The third kappa shape index (κ3) is 4.55. The Morgan fingerprint density at radius 1 is 1.28 bits per heavy atom. The van der Waals surface area contributed by atoms with Crippen LogP contribution in [0.3, 0.4) is 0 Å². The Morgan fingerprint density at radius 3 is 2.62 bits per heavy atom. The van der Waals surface area contributed by atoms with Crippen LogP contribution in [0.1, 0.15) is 26.5 Å². The van der Waals surface area contributed by atoms with E-state index in [1.165, 1.54) is 20.2 Å². The van der Waals surface area contributed by atoms with E-state index in [4.69, 9.17) is 24.7 Å². The number of imidazole rings is 1. The summed E-state index contributed by atoms with van der Waals surface area (Å²) in [5.41, 5.74) is 6.63. The standard InChI is InChI=1S/C16H18IN5O7/c1-7(24)27-11-9(3-4-26-6-23)29-15(12(11)28-8(2)25)22-5-19-10-13(18)20-16(17)21-14(10)22/h5-6,9,11-12,15H,3-4H2,1-2H3,(H2,18,20,21)/t9-,11-,12-,15?/m1/s1. The lowest BCUT2D eigenvalue weighted by Crippen LogP contribution is -2.39. The van der Waals surface area contributed by atoms with Gasteiger partial charge in [0.2, 0.25) is 0 Å². The van der Waals surface area contributed by atoms with Gasteiger partial charge >= 0.3 is 11.9 Å². The SMILES string of the molecule is CC(=O)O[C@@H]1[C@@H](CCOC=O)OC(n2cnc3c(N)nc(I)nc32)[C@@H]1OC(C)=O. The maximum atomic E-state index is 11.7. The fraction of sp³-hybridized carbons (Fsp3) is 0.500. The normalized spacial score (nSPS) is 23.7. The van der Waals surface area contributed by atoms with Crippen LogP contribution < -0.4 is 5.73 Å². The molecule has 2 aromatic rings. The second-order valence-corrected chi connectivity index (χ2v) is 7.14. The summed E-state index contributed by atoms with van der Waals surface area (Å²) < 4.78 is 23.5. The number of carbonyl (C=O) groups excluding carboxylic acids is 3. The largest absolute Gasteiger partial charge is 0.468 e. The summed E-state index contributed by atoms with van der Waals surface area (Å²) in [4.78, 5) is 46.4. The molecule has 4 atom stereocenters. The molecule has 1 aliphatic heterocycles. The predicted molar refractivity (Wildman–Crippen MR) is 104 cm³/mol. The number of ether oxygens (including phenoxy) is 4. The number of fused-ring (bicyclic) bond motifs is 1. The van der Waals surface area contributed by atoms with Crippen molar-refractivity contribution in [3.63, 3.8) is 0 Å². The number of nitrogen functional groups attached to an aromatic ring is 1. The van der Waals surface area contributed by atoms with Crippen molar-refractivity contribution in [3.8, 4) is 0 Å². The maximum absolute atomic E-state index is 11.7. The lowest BCUT2D eigenvalue weighted by Gasteiger charge is -2.23. The second kappa shape index (κ2) is 8.86. The number of nitrogens with two attached hydrogens (primary N) is 1. The van der Waals surface area contributed by atoms with Gasteiger partial charge in [-0.2, -0.15) is 0 Å². The predicted octanol–water partition coefficient (Wildman–Crippen LogP) is 0.337. The van der Waals surface area contributed by atoms with Crippen LogP contribution in [0.2, 0.25) is 0 Å². The van der Waals surface area contributed by atoms with Crippen molar-refractivity contribution in [3.05, 3.63) is 10.2 Å². The van der Waals surface area contributed by atoms with Crippen molar-refractivity contribution in [2.75, 3.05) is 12.3 Å². The number of esters is 2. The lowest BCUT2D eigenvalue weighted by molar-refractivity contribution is -0.165. The molecule has 0 bridgehead atoms. The molecule has 1 fully saturated rings. The van der Waals surface area contributed by atoms with Crippen molar-refractivity contribution in [2.24, 2.45) is 0 Å². The van der Waals surface area contributed by atoms with Gasteiger partial charge in [0.25, 0.3) is 6.47 Å². The van der Waals surface area contributed by atoms with Crippen LogP contribution in [-0.2, 0) is 33.3 Å². The smallest absolute Gasteiger partial charge is 0.303 e. The van der Waals surface area contributed by atoms with Crippen LogP contribution in [0.5, 0.6) is 0 Å². The van der Waals surface area contributed by atoms with Gasteiger partial charge in [0, 0.05) is 42.9 Å². The molecule has 2 aromatic heterocycles. The molecule has 29 heavy (non-hydrogen) atoms. The molecule has 1 unspecified atom stereocenters. The highest BCUT2D eigenvalue weighted by molar-refractivity contribution is 14.1. The van der Waals surface area contributed by atoms with E-state index >= 15 is 0 Å².